The van der Waals surface area contributed by atoms with E-state index in [4.69, 9.17) is 4.74 Å². The minimum Gasteiger partial charge on any atom is -0.507 e. The molecular weight excluding hydrogens is 461 g/mol. The van der Waals surface area contributed by atoms with E-state index in [9.17, 15) is 19.4 Å². The summed E-state index contributed by atoms with van der Waals surface area (Å²) in [5.74, 6) is -0.233. The van der Waals surface area contributed by atoms with Crippen molar-refractivity contribution in [2.24, 2.45) is 0 Å². The molecule has 1 atom stereocenters. The molecule has 0 radical (unpaired) electrons. The lowest BCUT2D eigenvalue weighted by atomic mass is 9.93. The first kappa shape index (κ1) is 23.4. The molecule has 8 heteroatoms. The number of H-pyrrole nitrogens is 1. The summed E-state index contributed by atoms with van der Waals surface area (Å²) in [4.78, 5) is 15.3. The Morgan fingerprint density at radius 3 is 2.56 bits per heavy atom. The number of hydrogen-bond donors (Lipinski definition) is 3. The Labute approximate surface area is 207 Å². The van der Waals surface area contributed by atoms with E-state index in [0.717, 1.165) is 11.1 Å². The van der Waals surface area contributed by atoms with Gasteiger partial charge in [-0.25, -0.2) is 4.39 Å². The summed E-state index contributed by atoms with van der Waals surface area (Å²) in [5, 5.41) is 28.5. The Bertz CT molecular complexity index is 1460. The number of phenols is 2. The Morgan fingerprint density at radius 2 is 1.83 bits per heavy atom. The number of benzene rings is 3. The van der Waals surface area contributed by atoms with Gasteiger partial charge in [0, 0.05) is 17.7 Å². The zero-order chi connectivity index (χ0) is 25.6. The van der Waals surface area contributed by atoms with E-state index in [1.807, 2.05) is 32.9 Å². The van der Waals surface area contributed by atoms with Crippen LogP contribution in [-0.2, 0) is 6.54 Å². The molecule has 0 saturated carbocycles. The number of carbonyl (C=O) groups excluding carboxylic acids is 1. The lowest BCUT2D eigenvalue weighted by Gasteiger charge is -2.27. The average molecular weight is 488 g/mol. The normalized spacial score (nSPS) is 14.8. The van der Waals surface area contributed by atoms with Gasteiger partial charge in [0.2, 0.25) is 0 Å². The first-order valence-electron chi connectivity index (χ1n) is 11.7. The molecule has 1 aromatic heterocycles. The highest BCUT2D eigenvalue weighted by Gasteiger charge is 2.43. The number of aromatic amines is 1. The zero-order valence-electron chi connectivity index (χ0n) is 20.2. The van der Waals surface area contributed by atoms with Crippen molar-refractivity contribution < 1.29 is 24.1 Å². The number of nitrogens with one attached hydrogen (secondary N) is 1. The number of fused-ring (bicyclic) bond motifs is 1. The summed E-state index contributed by atoms with van der Waals surface area (Å²) in [6.07, 6.45) is 0. The molecule has 3 N–H and O–H groups in total. The number of aromatic nitrogens is 2. The smallest absolute Gasteiger partial charge is 0.273 e. The maximum absolute atomic E-state index is 13.6. The molecule has 1 aliphatic rings. The summed E-state index contributed by atoms with van der Waals surface area (Å²) in [5.41, 5.74) is 5.05. The molecule has 0 fully saturated rings. The Balaban J connectivity index is 1.69. The maximum Gasteiger partial charge on any atom is 0.273 e. The summed E-state index contributed by atoms with van der Waals surface area (Å²) in [6.45, 7) is 6.15. The van der Waals surface area contributed by atoms with Gasteiger partial charge in [0.05, 0.1) is 12.6 Å². The van der Waals surface area contributed by atoms with Crippen LogP contribution in [0.1, 0.15) is 51.3 Å². The van der Waals surface area contributed by atoms with Gasteiger partial charge in [-0.3, -0.25) is 9.89 Å². The Hall–Kier alpha value is -4.33. The third kappa shape index (κ3) is 3.94. The number of carbonyl (C=O) groups is 1. The molecule has 0 spiro atoms. The van der Waals surface area contributed by atoms with Gasteiger partial charge in [-0.1, -0.05) is 24.3 Å². The third-order valence-corrected chi connectivity index (χ3v) is 6.43. The number of rotatable bonds is 6. The fourth-order valence-corrected chi connectivity index (χ4v) is 4.81. The van der Waals surface area contributed by atoms with Gasteiger partial charge < -0.3 is 19.8 Å². The number of hydrogen-bond acceptors (Lipinski definition) is 5. The van der Waals surface area contributed by atoms with Crippen LogP contribution in [0.2, 0.25) is 0 Å². The fourth-order valence-electron chi connectivity index (χ4n) is 4.81. The molecule has 3 aromatic carbocycles. The van der Waals surface area contributed by atoms with Gasteiger partial charge in [0.25, 0.3) is 5.91 Å². The van der Waals surface area contributed by atoms with Crippen LogP contribution in [0.4, 0.5) is 4.39 Å². The number of nitrogens with zero attached hydrogens (tertiary/aromatic N) is 2. The van der Waals surface area contributed by atoms with Crippen molar-refractivity contribution >= 4 is 5.91 Å². The largest absolute Gasteiger partial charge is 0.507 e. The van der Waals surface area contributed by atoms with Gasteiger partial charge in [-0.2, -0.15) is 5.10 Å². The number of aryl methyl sites for hydroxylation is 2. The monoisotopic (exact) mass is 487 g/mol. The van der Waals surface area contributed by atoms with Crippen molar-refractivity contribution in [1.29, 1.82) is 0 Å². The van der Waals surface area contributed by atoms with Gasteiger partial charge in [0.1, 0.15) is 23.0 Å². The summed E-state index contributed by atoms with van der Waals surface area (Å²) < 4.78 is 19.1. The zero-order valence-corrected chi connectivity index (χ0v) is 20.2. The van der Waals surface area contributed by atoms with Crippen LogP contribution in [0.5, 0.6) is 17.2 Å². The molecule has 1 unspecified atom stereocenters. The molecule has 36 heavy (non-hydrogen) atoms. The minimum atomic E-state index is -0.591. The average Bonchev–Trinajstić information content (AvgIpc) is 3.38. The van der Waals surface area contributed by atoms with E-state index >= 15 is 0 Å². The summed E-state index contributed by atoms with van der Waals surface area (Å²) >= 11 is 0. The van der Waals surface area contributed by atoms with Crippen molar-refractivity contribution in [1.82, 2.24) is 15.1 Å². The van der Waals surface area contributed by atoms with Gasteiger partial charge in [-0.15, -0.1) is 0 Å². The highest BCUT2D eigenvalue weighted by atomic mass is 19.1. The van der Waals surface area contributed by atoms with Crippen molar-refractivity contribution in [2.75, 3.05) is 6.61 Å². The van der Waals surface area contributed by atoms with E-state index in [-0.39, 0.29) is 29.8 Å². The van der Waals surface area contributed by atoms with E-state index in [2.05, 4.69) is 10.2 Å². The predicted molar refractivity (Wildman–Crippen MR) is 133 cm³/mol. The lowest BCUT2D eigenvalue weighted by molar-refractivity contribution is 0.0730. The van der Waals surface area contributed by atoms with E-state index in [0.29, 0.717) is 46.0 Å². The van der Waals surface area contributed by atoms with Crippen LogP contribution in [0.15, 0.2) is 54.6 Å². The van der Waals surface area contributed by atoms with Crippen LogP contribution in [-0.4, -0.2) is 37.8 Å². The van der Waals surface area contributed by atoms with Crippen molar-refractivity contribution in [3.05, 3.63) is 93.9 Å². The topological polar surface area (TPSA) is 98.7 Å². The quantitative estimate of drug-likeness (QED) is 0.339. The molecular formula is C28H26FN3O4. The first-order chi connectivity index (χ1) is 17.3. The van der Waals surface area contributed by atoms with E-state index in [1.54, 1.807) is 29.2 Å². The molecule has 7 nitrogen and oxygen atoms in total. The standard InChI is InChI=1S/C28H26FN3O4/c1-4-36-22-13-18(7-10-21(22)33)26-23-24(20-12-15(2)11-16(3)27(20)34)30-31-25(23)28(35)32(26)14-17-5-8-19(29)9-6-17/h5-13,26,33-34H,4,14H2,1-3H3,(H,30,31). The number of aromatic hydroxyl groups is 2. The molecule has 4 aromatic rings. The Morgan fingerprint density at radius 1 is 1.08 bits per heavy atom. The van der Waals surface area contributed by atoms with E-state index < -0.39 is 6.04 Å². The van der Waals surface area contributed by atoms with Crippen molar-refractivity contribution in [3.63, 3.8) is 0 Å². The van der Waals surface area contributed by atoms with Crippen LogP contribution < -0.4 is 4.74 Å². The molecule has 0 aliphatic carbocycles. The fraction of sp³-hybridized carbons (Fsp3) is 0.214. The maximum atomic E-state index is 13.6. The number of amides is 1. The third-order valence-electron chi connectivity index (χ3n) is 6.43. The van der Waals surface area contributed by atoms with Gasteiger partial charge in [0.15, 0.2) is 11.5 Å². The molecule has 2 heterocycles. The predicted octanol–water partition coefficient (Wildman–Crippen LogP) is 5.39. The summed E-state index contributed by atoms with van der Waals surface area (Å²) in [6, 6.07) is 14.1. The molecule has 184 valence electrons. The second kappa shape index (κ2) is 9.03. The Kier molecular flexibility index (Phi) is 5.88. The van der Waals surface area contributed by atoms with Crippen LogP contribution >= 0.6 is 0 Å². The second-order valence-electron chi connectivity index (χ2n) is 8.96. The van der Waals surface area contributed by atoms with Crippen molar-refractivity contribution in [2.45, 2.75) is 33.4 Å². The molecule has 0 bridgehead atoms. The number of halogens is 1. The molecule has 5 rings (SSSR count). The summed E-state index contributed by atoms with van der Waals surface area (Å²) in [7, 11) is 0. The SMILES string of the molecule is CCOc1cc(C2c3c(-c4cc(C)cc(C)c4O)n[nH]c3C(=O)N2Cc2ccc(F)cc2)ccc1O. The second-order valence-corrected chi connectivity index (χ2v) is 8.96. The number of phenolic OH excluding ortho intramolecular Hbond substituents is 2. The van der Waals surface area contributed by atoms with Gasteiger partial charge in [-0.05, 0) is 73.4 Å². The van der Waals surface area contributed by atoms with Gasteiger partial charge >= 0.3 is 0 Å². The van der Waals surface area contributed by atoms with Crippen LogP contribution in [0.3, 0.4) is 0 Å². The highest BCUT2D eigenvalue weighted by molar-refractivity contribution is 6.00. The molecule has 1 aliphatic heterocycles. The highest BCUT2D eigenvalue weighted by Crippen LogP contribution is 2.47. The molecule has 1 amide bonds. The number of ether oxygens (including phenoxy) is 1. The first-order valence-corrected chi connectivity index (χ1v) is 11.7. The van der Waals surface area contributed by atoms with Crippen LogP contribution in [0.25, 0.3) is 11.3 Å². The minimum absolute atomic E-state index is 0.00500. The van der Waals surface area contributed by atoms with Crippen LogP contribution in [0, 0.1) is 19.7 Å². The lowest BCUT2D eigenvalue weighted by Crippen LogP contribution is -2.29. The molecule has 0 saturated heterocycles. The van der Waals surface area contributed by atoms with Crippen molar-refractivity contribution in [3.8, 4) is 28.5 Å². The van der Waals surface area contributed by atoms with E-state index in [1.165, 1.54) is 18.2 Å².